The highest BCUT2D eigenvalue weighted by molar-refractivity contribution is 6.03. The summed E-state index contributed by atoms with van der Waals surface area (Å²) in [5, 5.41) is 22.7. The van der Waals surface area contributed by atoms with Gasteiger partial charge >= 0.3 is 6.01 Å². The molecule has 0 spiro atoms. The predicted octanol–water partition coefficient (Wildman–Crippen LogP) is 6.19. The molecule has 10 heteroatoms. The van der Waals surface area contributed by atoms with E-state index in [1.807, 2.05) is 4.90 Å². The predicted molar refractivity (Wildman–Crippen MR) is 174 cm³/mol. The molecule has 0 radical (unpaired) electrons. The Morgan fingerprint density at radius 1 is 1.09 bits per heavy atom. The van der Waals surface area contributed by atoms with Crippen LogP contribution in [0.5, 0.6) is 11.8 Å². The van der Waals surface area contributed by atoms with Gasteiger partial charge in [-0.3, -0.25) is 4.98 Å². The second-order valence-electron chi connectivity index (χ2n) is 13.7. The van der Waals surface area contributed by atoms with E-state index in [1.165, 1.54) is 30.5 Å². The first kappa shape index (κ1) is 30.6. The van der Waals surface area contributed by atoms with Gasteiger partial charge in [0.05, 0.1) is 23.2 Å². The zero-order valence-electron chi connectivity index (χ0n) is 26.3. The van der Waals surface area contributed by atoms with Crippen LogP contribution in [0, 0.1) is 29.4 Å². The average Bonchev–Trinajstić information content (AvgIpc) is 3.38. The maximum atomic E-state index is 16.9. The molecule has 240 valence electrons. The number of fused-ring (bicyclic) bond motifs is 3. The van der Waals surface area contributed by atoms with Gasteiger partial charge in [-0.2, -0.15) is 9.97 Å². The molecule has 1 aliphatic carbocycles. The van der Waals surface area contributed by atoms with Crippen LogP contribution in [0.3, 0.4) is 0 Å². The minimum Gasteiger partial charge on any atom is -0.508 e. The van der Waals surface area contributed by atoms with Crippen molar-refractivity contribution in [1.82, 2.24) is 19.9 Å². The molecule has 4 heterocycles. The number of likely N-dealkylation sites (tertiary alicyclic amines) is 1. The van der Waals surface area contributed by atoms with Gasteiger partial charge in [0.25, 0.3) is 0 Å². The Kier molecular flexibility index (Phi) is 7.73. The van der Waals surface area contributed by atoms with Gasteiger partial charge in [0.15, 0.2) is 5.82 Å². The second-order valence-corrected chi connectivity index (χ2v) is 13.7. The average molecular weight is 628 g/mol. The van der Waals surface area contributed by atoms with Gasteiger partial charge in [-0.05, 0) is 89.0 Å². The summed E-state index contributed by atoms with van der Waals surface area (Å²) in [5.74, 6) is 1.29. The summed E-state index contributed by atoms with van der Waals surface area (Å²) in [6, 6.07) is 5.98. The molecule has 8 nitrogen and oxygen atoms in total. The van der Waals surface area contributed by atoms with E-state index in [2.05, 4.69) is 27.8 Å². The minimum atomic E-state index is -0.959. The number of anilines is 1. The molecule has 0 amide bonds. The van der Waals surface area contributed by atoms with Gasteiger partial charge < -0.3 is 24.7 Å². The van der Waals surface area contributed by atoms with Crippen molar-refractivity contribution in [2.45, 2.75) is 69.9 Å². The largest absolute Gasteiger partial charge is 0.508 e. The maximum absolute atomic E-state index is 16.9. The summed E-state index contributed by atoms with van der Waals surface area (Å²) in [6.45, 7) is 4.21. The van der Waals surface area contributed by atoms with E-state index in [0.717, 1.165) is 51.5 Å². The number of terminal acetylenes is 1. The first-order valence-corrected chi connectivity index (χ1v) is 16.2. The monoisotopic (exact) mass is 627 g/mol. The summed E-state index contributed by atoms with van der Waals surface area (Å²) in [4.78, 5) is 18.3. The molecular formula is C36H39F2N5O3. The van der Waals surface area contributed by atoms with Crippen molar-refractivity contribution < 1.29 is 23.7 Å². The van der Waals surface area contributed by atoms with E-state index in [1.54, 1.807) is 6.92 Å². The summed E-state index contributed by atoms with van der Waals surface area (Å²) in [7, 11) is 2.17. The van der Waals surface area contributed by atoms with Crippen LogP contribution in [0.25, 0.3) is 32.9 Å². The highest BCUT2D eigenvalue weighted by atomic mass is 19.1. The second kappa shape index (κ2) is 11.6. The Morgan fingerprint density at radius 3 is 2.74 bits per heavy atom. The van der Waals surface area contributed by atoms with Gasteiger partial charge in [-0.25, -0.2) is 8.78 Å². The van der Waals surface area contributed by atoms with Gasteiger partial charge in [-0.15, -0.1) is 6.42 Å². The van der Waals surface area contributed by atoms with E-state index >= 15 is 4.39 Å². The number of hydrogen-bond donors (Lipinski definition) is 2. The van der Waals surface area contributed by atoms with Crippen molar-refractivity contribution in [3.05, 3.63) is 47.7 Å². The molecule has 2 aromatic heterocycles. The number of phenols is 1. The molecule has 4 aromatic rings. The maximum Gasteiger partial charge on any atom is 0.319 e. The van der Waals surface area contributed by atoms with Crippen molar-refractivity contribution in [1.29, 1.82) is 0 Å². The number of phenolic OH excluding ortho intramolecular Hbond substituents is 1. The number of β-amino-alcohol motifs (C(OH)–C–C–N with tert-alkyl or cyclic N) is 1. The quantitative estimate of drug-likeness (QED) is 0.253. The molecule has 2 N–H and O–H groups in total. The lowest BCUT2D eigenvalue weighted by Gasteiger charge is -2.44. The molecule has 2 aliphatic heterocycles. The van der Waals surface area contributed by atoms with Crippen LogP contribution >= 0.6 is 0 Å². The van der Waals surface area contributed by atoms with E-state index in [4.69, 9.17) is 16.1 Å². The standard InChI is InChI=1S/C36H39F2N5O3/c1-4-24-27(37)11-10-22-17-23(44)18-25(29(22)24)31-30(38)32-26(19-39-31)33(43-16-6-5-12-35(2,45)20-43)41-34(40-32)46-21-36-13-7-9-28(36)42(3)15-8-14-36/h1,10-11,17-19,28,44-45H,5-9,12-16,20-21H2,2-3H3/t28-,35?,36?/m1/s1. The molecular weight excluding hydrogens is 588 g/mol. The molecule has 2 unspecified atom stereocenters. The Bertz CT molecular complexity index is 1880. The summed E-state index contributed by atoms with van der Waals surface area (Å²) in [5.41, 5.74) is -1.01. The first-order chi connectivity index (χ1) is 22.1. The Hall–Kier alpha value is -4.07. The van der Waals surface area contributed by atoms with Gasteiger partial charge in [0.2, 0.25) is 0 Å². The Balaban J connectivity index is 1.39. The fourth-order valence-electron chi connectivity index (χ4n) is 8.21. The zero-order valence-corrected chi connectivity index (χ0v) is 26.3. The van der Waals surface area contributed by atoms with Crippen molar-refractivity contribution in [2.24, 2.45) is 5.41 Å². The number of aromatic hydroxyl groups is 1. The molecule has 46 heavy (non-hydrogen) atoms. The van der Waals surface area contributed by atoms with E-state index < -0.39 is 17.2 Å². The first-order valence-electron chi connectivity index (χ1n) is 16.2. The van der Waals surface area contributed by atoms with Crippen molar-refractivity contribution in [3.8, 4) is 35.4 Å². The number of aromatic nitrogens is 3. The third-order valence-electron chi connectivity index (χ3n) is 10.4. The van der Waals surface area contributed by atoms with Crippen LogP contribution in [0.15, 0.2) is 30.5 Å². The van der Waals surface area contributed by atoms with E-state index in [-0.39, 0.29) is 44.9 Å². The molecule has 7 rings (SSSR count). The highest BCUT2D eigenvalue weighted by Gasteiger charge is 2.47. The van der Waals surface area contributed by atoms with Crippen molar-refractivity contribution in [3.63, 3.8) is 0 Å². The summed E-state index contributed by atoms with van der Waals surface area (Å²) in [6.07, 6.45) is 15.0. The van der Waals surface area contributed by atoms with Crippen molar-refractivity contribution in [2.75, 3.05) is 38.2 Å². The number of rotatable bonds is 5. The fraction of sp³-hybridized carbons (Fsp3) is 0.472. The topological polar surface area (TPSA) is 94.8 Å². The lowest BCUT2D eigenvalue weighted by atomic mass is 9.76. The van der Waals surface area contributed by atoms with Gasteiger partial charge in [-0.1, -0.05) is 18.4 Å². The molecule has 3 aliphatic rings. The zero-order chi connectivity index (χ0) is 32.2. The van der Waals surface area contributed by atoms with E-state index in [9.17, 15) is 14.6 Å². The highest BCUT2D eigenvalue weighted by Crippen LogP contribution is 2.47. The third kappa shape index (κ3) is 5.29. The molecule has 3 fully saturated rings. The number of hydrogen-bond acceptors (Lipinski definition) is 8. The number of benzene rings is 2. The van der Waals surface area contributed by atoms with Crippen LogP contribution < -0.4 is 9.64 Å². The number of ether oxygens (including phenoxy) is 1. The third-order valence-corrected chi connectivity index (χ3v) is 10.4. The fourth-order valence-corrected chi connectivity index (χ4v) is 8.21. The number of halogens is 2. The normalized spacial score (nSPS) is 25.4. The lowest BCUT2D eigenvalue weighted by molar-refractivity contribution is 0.0133. The molecule has 2 aromatic carbocycles. The summed E-state index contributed by atoms with van der Waals surface area (Å²) < 4.78 is 38.1. The van der Waals surface area contributed by atoms with Gasteiger partial charge in [0, 0.05) is 41.7 Å². The van der Waals surface area contributed by atoms with Gasteiger partial charge in [0.1, 0.15) is 28.6 Å². The number of piperidine rings is 1. The minimum absolute atomic E-state index is 0.00900. The van der Waals surface area contributed by atoms with Crippen LogP contribution in [0.4, 0.5) is 14.6 Å². The molecule has 2 saturated heterocycles. The van der Waals surface area contributed by atoms with Crippen molar-refractivity contribution >= 4 is 27.5 Å². The Labute approximate surface area is 267 Å². The van der Waals surface area contributed by atoms with E-state index in [0.29, 0.717) is 48.7 Å². The van der Waals surface area contributed by atoms with Crippen LogP contribution in [-0.4, -0.2) is 75.0 Å². The summed E-state index contributed by atoms with van der Waals surface area (Å²) >= 11 is 0. The smallest absolute Gasteiger partial charge is 0.319 e. The number of aliphatic hydroxyl groups is 1. The Morgan fingerprint density at radius 2 is 1.91 bits per heavy atom. The SMILES string of the molecule is C#Cc1c(F)ccc2cc(O)cc(-c3ncc4c(N5CCCCC(C)(O)C5)nc(OCC56CCC[C@H]5N(C)CCC6)nc4c3F)c12. The molecule has 0 bridgehead atoms. The number of pyridine rings is 1. The van der Waals surface area contributed by atoms with Crippen LogP contribution in [0.1, 0.15) is 63.9 Å². The molecule has 3 atom stereocenters. The lowest BCUT2D eigenvalue weighted by Crippen LogP contribution is -2.50. The molecule has 1 saturated carbocycles. The number of nitrogens with zero attached hydrogens (tertiary/aromatic N) is 5. The van der Waals surface area contributed by atoms with Crippen LogP contribution in [-0.2, 0) is 0 Å². The van der Waals surface area contributed by atoms with Crippen LogP contribution in [0.2, 0.25) is 0 Å².